The largest absolute Gasteiger partial charge is 0.391 e. The molecule has 1 aromatic carbocycles. The Balaban J connectivity index is 2.50. The minimum Gasteiger partial charge on any atom is -0.391 e. The number of nitrogens with one attached hydrogen (secondary N) is 1. The molecule has 4 heteroatoms. The van der Waals surface area contributed by atoms with Gasteiger partial charge in [0.25, 0.3) is 5.91 Å². The molecule has 1 aromatic rings. The SMILES string of the molecule is CCC(O)CNC(=O)c1ccc(Cl)cc1. The third-order valence-electron chi connectivity index (χ3n) is 2.08. The molecule has 0 aliphatic carbocycles. The van der Waals surface area contributed by atoms with Gasteiger partial charge in [0.2, 0.25) is 0 Å². The molecule has 0 aliphatic heterocycles. The standard InChI is InChI=1S/C11H14ClNO2/c1-2-10(14)7-13-11(15)8-3-5-9(12)6-4-8/h3-6,10,14H,2,7H2,1H3,(H,13,15). The van der Waals surface area contributed by atoms with E-state index in [9.17, 15) is 9.90 Å². The Hall–Kier alpha value is -1.06. The summed E-state index contributed by atoms with van der Waals surface area (Å²) >= 11 is 5.69. The van der Waals surface area contributed by atoms with E-state index in [0.29, 0.717) is 17.0 Å². The van der Waals surface area contributed by atoms with E-state index in [-0.39, 0.29) is 12.5 Å². The summed E-state index contributed by atoms with van der Waals surface area (Å²) in [6.07, 6.45) is 0.141. The van der Waals surface area contributed by atoms with Crippen molar-refractivity contribution in [3.63, 3.8) is 0 Å². The number of aliphatic hydroxyl groups excluding tert-OH is 1. The Labute approximate surface area is 94.1 Å². The van der Waals surface area contributed by atoms with Gasteiger partial charge in [0.05, 0.1) is 6.10 Å². The molecule has 0 radical (unpaired) electrons. The second-order valence-electron chi connectivity index (χ2n) is 3.28. The number of hydrogen-bond donors (Lipinski definition) is 2. The molecule has 2 N–H and O–H groups in total. The van der Waals surface area contributed by atoms with Crippen LogP contribution in [0.25, 0.3) is 0 Å². The number of carbonyl (C=O) groups excluding carboxylic acids is 1. The fraction of sp³-hybridized carbons (Fsp3) is 0.364. The van der Waals surface area contributed by atoms with Crippen molar-refractivity contribution in [2.75, 3.05) is 6.54 Å². The van der Waals surface area contributed by atoms with Gasteiger partial charge in [-0.3, -0.25) is 4.79 Å². The minimum atomic E-state index is -0.485. The zero-order chi connectivity index (χ0) is 11.3. The number of amides is 1. The number of benzene rings is 1. The number of rotatable bonds is 4. The molecule has 0 saturated heterocycles. The fourth-order valence-electron chi connectivity index (χ4n) is 1.06. The maximum atomic E-state index is 11.5. The second kappa shape index (κ2) is 5.73. The number of aliphatic hydroxyl groups is 1. The summed E-state index contributed by atoms with van der Waals surface area (Å²) in [5.74, 6) is -0.195. The summed E-state index contributed by atoms with van der Waals surface area (Å²) in [6, 6.07) is 6.62. The molecule has 1 rings (SSSR count). The lowest BCUT2D eigenvalue weighted by molar-refractivity contribution is 0.0914. The third-order valence-corrected chi connectivity index (χ3v) is 2.33. The molecular formula is C11H14ClNO2. The third kappa shape index (κ3) is 3.90. The van der Waals surface area contributed by atoms with E-state index in [4.69, 9.17) is 11.6 Å². The smallest absolute Gasteiger partial charge is 0.251 e. The van der Waals surface area contributed by atoms with E-state index in [1.54, 1.807) is 24.3 Å². The highest BCUT2D eigenvalue weighted by molar-refractivity contribution is 6.30. The Bertz CT molecular complexity index is 324. The van der Waals surface area contributed by atoms with Crippen LogP contribution in [0.15, 0.2) is 24.3 Å². The van der Waals surface area contributed by atoms with Crippen LogP contribution in [0.4, 0.5) is 0 Å². The van der Waals surface area contributed by atoms with Gasteiger partial charge in [0, 0.05) is 17.1 Å². The summed E-state index contributed by atoms with van der Waals surface area (Å²) in [4.78, 5) is 11.5. The number of carbonyl (C=O) groups is 1. The quantitative estimate of drug-likeness (QED) is 0.825. The monoisotopic (exact) mass is 227 g/mol. The molecule has 0 aliphatic rings. The van der Waals surface area contributed by atoms with E-state index in [0.717, 1.165) is 0 Å². The molecule has 15 heavy (non-hydrogen) atoms. The molecule has 0 spiro atoms. The molecule has 1 amide bonds. The van der Waals surface area contributed by atoms with Gasteiger partial charge >= 0.3 is 0 Å². The first-order valence-corrected chi connectivity index (χ1v) is 5.23. The van der Waals surface area contributed by atoms with Crippen molar-refractivity contribution in [1.29, 1.82) is 0 Å². The van der Waals surface area contributed by atoms with Gasteiger partial charge in [-0.05, 0) is 30.7 Å². The summed E-state index contributed by atoms with van der Waals surface area (Å²) in [6.45, 7) is 2.14. The van der Waals surface area contributed by atoms with Crippen molar-refractivity contribution in [2.24, 2.45) is 0 Å². The Kier molecular flexibility index (Phi) is 4.59. The van der Waals surface area contributed by atoms with Crippen molar-refractivity contribution in [3.8, 4) is 0 Å². The zero-order valence-electron chi connectivity index (χ0n) is 8.53. The first kappa shape index (κ1) is 12.0. The van der Waals surface area contributed by atoms with Crippen LogP contribution >= 0.6 is 11.6 Å². The highest BCUT2D eigenvalue weighted by atomic mass is 35.5. The predicted octanol–water partition coefficient (Wildman–Crippen LogP) is 1.84. The molecule has 1 atom stereocenters. The predicted molar refractivity (Wildman–Crippen MR) is 60.1 cm³/mol. The van der Waals surface area contributed by atoms with Gasteiger partial charge in [-0.15, -0.1) is 0 Å². The van der Waals surface area contributed by atoms with E-state index in [2.05, 4.69) is 5.32 Å². The summed E-state index contributed by atoms with van der Waals surface area (Å²) in [5, 5.41) is 12.5. The van der Waals surface area contributed by atoms with Crippen LogP contribution in [0.2, 0.25) is 5.02 Å². The Morgan fingerprint density at radius 2 is 2.07 bits per heavy atom. The van der Waals surface area contributed by atoms with Crippen molar-refractivity contribution >= 4 is 17.5 Å². The molecule has 0 aromatic heterocycles. The lowest BCUT2D eigenvalue weighted by atomic mass is 10.2. The fourth-order valence-corrected chi connectivity index (χ4v) is 1.18. The summed E-state index contributed by atoms with van der Waals surface area (Å²) in [7, 11) is 0. The van der Waals surface area contributed by atoms with Crippen molar-refractivity contribution in [1.82, 2.24) is 5.32 Å². The molecule has 0 heterocycles. The van der Waals surface area contributed by atoms with Crippen LogP contribution < -0.4 is 5.32 Å². The lowest BCUT2D eigenvalue weighted by Gasteiger charge is -2.09. The maximum absolute atomic E-state index is 11.5. The normalized spacial score (nSPS) is 12.2. The van der Waals surface area contributed by atoms with E-state index in [1.807, 2.05) is 6.92 Å². The number of halogens is 1. The van der Waals surface area contributed by atoms with Gasteiger partial charge in [0.15, 0.2) is 0 Å². The Morgan fingerprint density at radius 1 is 1.47 bits per heavy atom. The molecule has 0 saturated carbocycles. The van der Waals surface area contributed by atoms with Crippen LogP contribution in [0.5, 0.6) is 0 Å². The first-order chi connectivity index (χ1) is 7.13. The lowest BCUT2D eigenvalue weighted by Crippen LogP contribution is -2.31. The van der Waals surface area contributed by atoms with Crippen LogP contribution in [0, 0.1) is 0 Å². The second-order valence-corrected chi connectivity index (χ2v) is 3.72. The highest BCUT2D eigenvalue weighted by Crippen LogP contribution is 2.09. The Morgan fingerprint density at radius 3 is 2.60 bits per heavy atom. The molecule has 3 nitrogen and oxygen atoms in total. The molecule has 0 fully saturated rings. The summed E-state index contributed by atoms with van der Waals surface area (Å²) < 4.78 is 0. The molecule has 0 bridgehead atoms. The summed E-state index contributed by atoms with van der Waals surface area (Å²) in [5.41, 5.74) is 0.544. The van der Waals surface area contributed by atoms with E-state index in [1.165, 1.54) is 0 Å². The average Bonchev–Trinajstić information content (AvgIpc) is 2.26. The topological polar surface area (TPSA) is 49.3 Å². The van der Waals surface area contributed by atoms with Gasteiger partial charge in [-0.1, -0.05) is 18.5 Å². The van der Waals surface area contributed by atoms with Gasteiger partial charge < -0.3 is 10.4 Å². The van der Waals surface area contributed by atoms with Crippen molar-refractivity contribution < 1.29 is 9.90 Å². The van der Waals surface area contributed by atoms with Crippen LogP contribution in [0.3, 0.4) is 0 Å². The van der Waals surface area contributed by atoms with Gasteiger partial charge in [-0.25, -0.2) is 0 Å². The van der Waals surface area contributed by atoms with E-state index >= 15 is 0 Å². The van der Waals surface area contributed by atoms with Gasteiger partial charge in [0.1, 0.15) is 0 Å². The minimum absolute atomic E-state index is 0.195. The zero-order valence-corrected chi connectivity index (χ0v) is 9.29. The van der Waals surface area contributed by atoms with Crippen LogP contribution in [-0.2, 0) is 0 Å². The number of hydrogen-bond acceptors (Lipinski definition) is 2. The van der Waals surface area contributed by atoms with Crippen molar-refractivity contribution in [2.45, 2.75) is 19.4 Å². The highest BCUT2D eigenvalue weighted by Gasteiger charge is 2.06. The molecule has 1 unspecified atom stereocenters. The van der Waals surface area contributed by atoms with Crippen LogP contribution in [0.1, 0.15) is 23.7 Å². The van der Waals surface area contributed by atoms with Crippen LogP contribution in [-0.4, -0.2) is 23.7 Å². The molecule has 82 valence electrons. The van der Waals surface area contributed by atoms with Crippen molar-refractivity contribution in [3.05, 3.63) is 34.9 Å². The molecular weight excluding hydrogens is 214 g/mol. The average molecular weight is 228 g/mol. The maximum Gasteiger partial charge on any atom is 0.251 e. The van der Waals surface area contributed by atoms with E-state index < -0.39 is 6.10 Å². The van der Waals surface area contributed by atoms with Gasteiger partial charge in [-0.2, -0.15) is 0 Å². The first-order valence-electron chi connectivity index (χ1n) is 4.85.